The van der Waals surface area contributed by atoms with Crippen LogP contribution >= 0.6 is 0 Å². The first-order valence-corrected chi connectivity index (χ1v) is 8.23. The van der Waals surface area contributed by atoms with Crippen molar-refractivity contribution >= 4 is 21.6 Å². The lowest BCUT2D eigenvalue weighted by atomic mass is 10.2. The van der Waals surface area contributed by atoms with E-state index in [0.29, 0.717) is 12.1 Å². The lowest BCUT2D eigenvalue weighted by Gasteiger charge is -2.26. The summed E-state index contributed by atoms with van der Waals surface area (Å²) in [5.41, 5.74) is 0.482. The molecule has 0 saturated carbocycles. The number of hydrogen-bond acceptors (Lipinski definition) is 3. The van der Waals surface area contributed by atoms with Gasteiger partial charge in [0.15, 0.2) is 9.84 Å². The van der Waals surface area contributed by atoms with Crippen molar-refractivity contribution in [2.75, 3.05) is 23.4 Å². The van der Waals surface area contributed by atoms with E-state index < -0.39 is 9.84 Å². The Morgan fingerprint density at radius 3 is 2.60 bits per heavy atom. The number of benzene rings is 1. The highest BCUT2D eigenvalue weighted by atomic mass is 32.2. The average Bonchev–Trinajstić information content (AvgIpc) is 2.52. The minimum atomic E-state index is -3.07. The fraction of sp³-hybridized carbons (Fsp3) is 0.462. The number of carbonyl (C=O) groups excluding carboxylic acids is 1. The van der Waals surface area contributed by atoms with Crippen LogP contribution in [0.2, 0.25) is 0 Å². The van der Waals surface area contributed by atoms with E-state index in [9.17, 15) is 17.6 Å². The number of carbonyl (C=O) groups is 1. The van der Waals surface area contributed by atoms with Gasteiger partial charge >= 0.3 is 6.03 Å². The minimum absolute atomic E-state index is 0.0197. The number of nitrogens with one attached hydrogen (secondary N) is 1. The molecule has 1 atom stereocenters. The van der Waals surface area contributed by atoms with Gasteiger partial charge in [-0.2, -0.15) is 0 Å². The normalized spacial score (nSPS) is 22.1. The fourth-order valence-electron chi connectivity index (χ4n) is 2.10. The zero-order valence-corrected chi connectivity index (χ0v) is 12.0. The van der Waals surface area contributed by atoms with Gasteiger partial charge in [-0.3, -0.25) is 0 Å². The Morgan fingerprint density at radius 1 is 1.30 bits per heavy atom. The van der Waals surface area contributed by atoms with Crippen LogP contribution < -0.4 is 5.32 Å². The molecule has 0 bridgehead atoms. The number of halogens is 1. The molecule has 0 aliphatic carbocycles. The lowest BCUT2D eigenvalue weighted by Crippen LogP contribution is -2.42. The molecule has 1 aromatic carbocycles. The van der Waals surface area contributed by atoms with E-state index in [1.54, 1.807) is 0 Å². The number of urea groups is 1. The van der Waals surface area contributed by atoms with Crippen molar-refractivity contribution in [2.45, 2.75) is 19.4 Å². The number of anilines is 1. The highest BCUT2D eigenvalue weighted by Gasteiger charge is 2.27. The SMILES string of the molecule is C[C@H]1CCS(=O)(=O)CCN1C(=O)Nc1ccc(F)cc1. The largest absolute Gasteiger partial charge is 0.322 e. The van der Waals surface area contributed by atoms with Gasteiger partial charge in [0.05, 0.1) is 11.5 Å². The third-order valence-electron chi connectivity index (χ3n) is 3.38. The Balaban J connectivity index is 2.06. The van der Waals surface area contributed by atoms with Crippen LogP contribution in [0.15, 0.2) is 24.3 Å². The summed E-state index contributed by atoms with van der Waals surface area (Å²) in [6.45, 7) is 2.00. The van der Waals surface area contributed by atoms with Crippen LogP contribution in [0.4, 0.5) is 14.9 Å². The molecule has 7 heteroatoms. The average molecular weight is 300 g/mol. The first-order chi connectivity index (χ1) is 9.37. The Bertz CT molecular complexity index is 586. The smallest absolute Gasteiger partial charge is 0.321 e. The van der Waals surface area contributed by atoms with Gasteiger partial charge in [0.25, 0.3) is 0 Å². The summed E-state index contributed by atoms with van der Waals surface area (Å²) in [5, 5.41) is 2.65. The molecule has 1 fully saturated rings. The second-order valence-electron chi connectivity index (χ2n) is 4.92. The van der Waals surface area contributed by atoms with E-state index in [0.717, 1.165) is 0 Å². The standard InChI is InChI=1S/C13H17FN2O3S/c1-10-6-8-20(18,19)9-7-16(10)13(17)15-12-4-2-11(14)3-5-12/h2-5,10H,6-9H2,1H3,(H,15,17)/t10-/m0/s1. The number of hydrogen-bond donors (Lipinski definition) is 1. The highest BCUT2D eigenvalue weighted by Crippen LogP contribution is 2.15. The number of nitrogens with zero attached hydrogens (tertiary/aromatic N) is 1. The summed E-state index contributed by atoms with van der Waals surface area (Å²) in [6, 6.07) is 4.94. The molecular weight excluding hydrogens is 283 g/mol. The first kappa shape index (κ1) is 14.8. The van der Waals surface area contributed by atoms with Gasteiger partial charge < -0.3 is 10.2 Å². The van der Waals surface area contributed by atoms with Crippen LogP contribution in [0.5, 0.6) is 0 Å². The molecule has 0 spiro atoms. The first-order valence-electron chi connectivity index (χ1n) is 6.41. The third kappa shape index (κ3) is 3.69. The molecule has 2 rings (SSSR count). The van der Waals surface area contributed by atoms with Crippen LogP contribution in [0.25, 0.3) is 0 Å². The van der Waals surface area contributed by atoms with E-state index in [4.69, 9.17) is 0 Å². The second kappa shape index (κ2) is 5.78. The zero-order chi connectivity index (χ0) is 14.8. The van der Waals surface area contributed by atoms with Crippen LogP contribution in [0, 0.1) is 5.82 Å². The van der Waals surface area contributed by atoms with Crippen molar-refractivity contribution in [3.05, 3.63) is 30.1 Å². The monoisotopic (exact) mass is 300 g/mol. The van der Waals surface area contributed by atoms with Crippen LogP contribution in [0.1, 0.15) is 13.3 Å². The Labute approximate surface area is 117 Å². The molecule has 5 nitrogen and oxygen atoms in total. The fourth-order valence-corrected chi connectivity index (χ4v) is 3.48. The van der Waals surface area contributed by atoms with Crippen molar-refractivity contribution in [1.82, 2.24) is 4.90 Å². The van der Waals surface area contributed by atoms with Gasteiger partial charge in [-0.25, -0.2) is 17.6 Å². The highest BCUT2D eigenvalue weighted by molar-refractivity contribution is 7.91. The van der Waals surface area contributed by atoms with Crippen molar-refractivity contribution in [3.8, 4) is 0 Å². The molecule has 110 valence electrons. The second-order valence-corrected chi connectivity index (χ2v) is 7.22. The summed E-state index contributed by atoms with van der Waals surface area (Å²) < 4.78 is 36.0. The molecule has 0 radical (unpaired) electrons. The van der Waals surface area contributed by atoms with Crippen LogP contribution in [-0.4, -0.2) is 43.4 Å². The maximum Gasteiger partial charge on any atom is 0.322 e. The Morgan fingerprint density at radius 2 is 1.95 bits per heavy atom. The van der Waals surface area contributed by atoms with Gasteiger partial charge in [-0.1, -0.05) is 0 Å². The summed E-state index contributed by atoms with van der Waals surface area (Å²) in [5.74, 6) is -0.292. The maximum absolute atomic E-state index is 12.8. The number of rotatable bonds is 1. The van der Waals surface area contributed by atoms with E-state index in [2.05, 4.69) is 5.32 Å². The molecule has 1 saturated heterocycles. The molecule has 0 unspecified atom stereocenters. The van der Waals surface area contributed by atoms with Gasteiger partial charge in [-0.15, -0.1) is 0 Å². The van der Waals surface area contributed by atoms with Gasteiger partial charge in [-0.05, 0) is 37.6 Å². The van der Waals surface area contributed by atoms with Crippen molar-refractivity contribution < 1.29 is 17.6 Å². The Hall–Kier alpha value is -1.63. The summed E-state index contributed by atoms with van der Waals surface area (Å²) >= 11 is 0. The van der Waals surface area contributed by atoms with Crippen molar-refractivity contribution in [1.29, 1.82) is 0 Å². The molecule has 1 aliphatic rings. The number of sulfone groups is 1. The van der Waals surface area contributed by atoms with Crippen molar-refractivity contribution in [2.24, 2.45) is 0 Å². The predicted molar refractivity (Wildman–Crippen MR) is 74.9 cm³/mol. The van der Waals surface area contributed by atoms with Crippen LogP contribution in [0.3, 0.4) is 0 Å². The molecule has 0 aromatic heterocycles. The number of amides is 2. The topological polar surface area (TPSA) is 66.5 Å². The molecule has 1 heterocycles. The molecular formula is C13H17FN2O3S. The molecule has 20 heavy (non-hydrogen) atoms. The zero-order valence-electron chi connectivity index (χ0n) is 11.2. The van der Waals surface area contributed by atoms with Crippen molar-refractivity contribution in [3.63, 3.8) is 0 Å². The maximum atomic E-state index is 12.8. The summed E-state index contributed by atoms with van der Waals surface area (Å²) in [6.07, 6.45) is 0.430. The van der Waals surface area contributed by atoms with Gasteiger partial charge in [0.2, 0.25) is 0 Å². The van der Waals surface area contributed by atoms with Crippen LogP contribution in [-0.2, 0) is 9.84 Å². The molecule has 1 aliphatic heterocycles. The van der Waals surface area contributed by atoms with Gasteiger partial charge in [0, 0.05) is 18.3 Å². The molecule has 2 amide bonds. The summed E-state index contributed by atoms with van der Waals surface area (Å²) in [7, 11) is -3.07. The molecule has 1 N–H and O–H groups in total. The predicted octanol–water partition coefficient (Wildman–Crippen LogP) is 1.87. The van der Waals surface area contributed by atoms with E-state index >= 15 is 0 Å². The van der Waals surface area contributed by atoms with E-state index in [1.807, 2.05) is 6.92 Å². The minimum Gasteiger partial charge on any atom is -0.321 e. The van der Waals surface area contributed by atoms with E-state index in [-0.39, 0.29) is 35.9 Å². The third-order valence-corrected chi connectivity index (χ3v) is 5.04. The lowest BCUT2D eigenvalue weighted by molar-refractivity contribution is 0.197. The quantitative estimate of drug-likeness (QED) is 0.861. The van der Waals surface area contributed by atoms with E-state index in [1.165, 1.54) is 29.2 Å². The Kier molecular flexibility index (Phi) is 4.27. The molecule has 1 aromatic rings. The summed E-state index contributed by atoms with van der Waals surface area (Å²) in [4.78, 5) is 13.7. The van der Waals surface area contributed by atoms with Gasteiger partial charge in [0.1, 0.15) is 5.82 Å².